The SMILES string of the molecule is CCC(C)(C)CCC(C)(C)CN(C)C. The van der Waals surface area contributed by atoms with Gasteiger partial charge in [-0.25, -0.2) is 0 Å². The molecule has 0 unspecified atom stereocenters. The molecule has 1 heteroatoms. The maximum Gasteiger partial charge on any atom is 0.00266 e. The van der Waals surface area contributed by atoms with Crippen molar-refractivity contribution in [3.8, 4) is 0 Å². The van der Waals surface area contributed by atoms with Crippen molar-refractivity contribution in [2.24, 2.45) is 10.8 Å². The molecule has 0 aromatic rings. The second-order valence-corrected chi connectivity index (χ2v) is 6.42. The molecule has 0 rings (SSSR count). The Labute approximate surface area is 90.9 Å². The quantitative estimate of drug-likeness (QED) is 0.629. The van der Waals surface area contributed by atoms with Crippen LogP contribution in [0, 0.1) is 10.8 Å². The number of hydrogen-bond acceptors (Lipinski definition) is 1. The molecule has 0 atom stereocenters. The third kappa shape index (κ3) is 6.42. The van der Waals surface area contributed by atoms with E-state index in [0.29, 0.717) is 10.8 Å². The summed E-state index contributed by atoms with van der Waals surface area (Å²) in [5, 5.41) is 0. The van der Waals surface area contributed by atoms with Crippen LogP contribution in [0.4, 0.5) is 0 Å². The van der Waals surface area contributed by atoms with Crippen molar-refractivity contribution in [2.45, 2.75) is 53.9 Å². The minimum absolute atomic E-state index is 0.454. The Bertz CT molecular complexity index is 157. The van der Waals surface area contributed by atoms with Crippen molar-refractivity contribution in [2.75, 3.05) is 20.6 Å². The second-order valence-electron chi connectivity index (χ2n) is 6.42. The maximum atomic E-state index is 2.37. The Morgan fingerprint density at radius 2 is 1.29 bits per heavy atom. The second kappa shape index (κ2) is 5.16. The summed E-state index contributed by atoms with van der Waals surface area (Å²) in [5.74, 6) is 0. The molecule has 0 N–H and O–H groups in total. The fourth-order valence-electron chi connectivity index (χ4n) is 1.79. The van der Waals surface area contributed by atoms with E-state index in [1.54, 1.807) is 0 Å². The molecule has 0 aromatic carbocycles. The Kier molecular flexibility index (Phi) is 5.14. The van der Waals surface area contributed by atoms with Crippen LogP contribution in [0.5, 0.6) is 0 Å². The van der Waals surface area contributed by atoms with Gasteiger partial charge in [-0.1, -0.05) is 41.0 Å². The van der Waals surface area contributed by atoms with Crippen LogP contribution in [-0.2, 0) is 0 Å². The Morgan fingerprint density at radius 1 is 0.857 bits per heavy atom. The molecule has 0 heterocycles. The Balaban J connectivity index is 3.98. The van der Waals surface area contributed by atoms with E-state index in [9.17, 15) is 0 Å². The summed E-state index contributed by atoms with van der Waals surface area (Å²) in [6.45, 7) is 13.0. The largest absolute Gasteiger partial charge is 0.309 e. The highest BCUT2D eigenvalue weighted by atomic mass is 15.1. The van der Waals surface area contributed by atoms with Gasteiger partial charge in [0.15, 0.2) is 0 Å². The number of hydrogen-bond donors (Lipinski definition) is 0. The van der Waals surface area contributed by atoms with E-state index in [1.807, 2.05) is 0 Å². The van der Waals surface area contributed by atoms with Gasteiger partial charge in [0.05, 0.1) is 0 Å². The average molecular weight is 199 g/mol. The summed E-state index contributed by atoms with van der Waals surface area (Å²) in [5.41, 5.74) is 0.972. The molecule has 1 nitrogen and oxygen atoms in total. The van der Waals surface area contributed by atoms with Crippen LogP contribution in [0.25, 0.3) is 0 Å². The third-order valence-electron chi connectivity index (χ3n) is 3.18. The van der Waals surface area contributed by atoms with Crippen LogP contribution in [0.1, 0.15) is 53.9 Å². The lowest BCUT2D eigenvalue weighted by Crippen LogP contribution is -2.29. The first-order chi connectivity index (χ1) is 6.18. The van der Waals surface area contributed by atoms with Crippen molar-refractivity contribution in [1.82, 2.24) is 4.90 Å². The Hall–Kier alpha value is -0.0400. The summed E-state index contributed by atoms with van der Waals surface area (Å²) in [7, 11) is 4.32. The van der Waals surface area contributed by atoms with Crippen molar-refractivity contribution >= 4 is 0 Å². The van der Waals surface area contributed by atoms with Gasteiger partial charge in [-0.2, -0.15) is 0 Å². The van der Waals surface area contributed by atoms with Gasteiger partial charge in [0, 0.05) is 6.54 Å². The highest BCUT2D eigenvalue weighted by Crippen LogP contribution is 2.33. The van der Waals surface area contributed by atoms with Crippen LogP contribution in [-0.4, -0.2) is 25.5 Å². The molecular formula is C13H29N. The first-order valence-electron chi connectivity index (χ1n) is 5.83. The molecule has 0 saturated carbocycles. The van der Waals surface area contributed by atoms with Crippen LogP contribution in [0.2, 0.25) is 0 Å². The molecule has 14 heavy (non-hydrogen) atoms. The molecule has 0 aliphatic rings. The predicted molar refractivity (Wildman–Crippen MR) is 65.6 cm³/mol. The predicted octanol–water partition coefficient (Wildman–Crippen LogP) is 3.79. The number of rotatable bonds is 6. The van der Waals surface area contributed by atoms with Crippen molar-refractivity contribution in [3.63, 3.8) is 0 Å². The van der Waals surface area contributed by atoms with E-state index in [2.05, 4.69) is 53.6 Å². The lowest BCUT2D eigenvalue weighted by atomic mass is 9.77. The smallest absolute Gasteiger partial charge is 0.00266 e. The summed E-state index contributed by atoms with van der Waals surface area (Å²) in [4.78, 5) is 2.29. The zero-order chi connectivity index (χ0) is 11.4. The van der Waals surface area contributed by atoms with E-state index in [0.717, 1.165) is 0 Å². The molecule has 0 radical (unpaired) electrons. The molecule has 0 aliphatic carbocycles. The molecule has 0 amide bonds. The number of nitrogens with zero attached hydrogens (tertiary/aromatic N) is 1. The van der Waals surface area contributed by atoms with Crippen LogP contribution >= 0.6 is 0 Å². The maximum absolute atomic E-state index is 2.37. The molecular weight excluding hydrogens is 170 g/mol. The monoisotopic (exact) mass is 199 g/mol. The zero-order valence-electron chi connectivity index (χ0n) is 11.3. The summed E-state index contributed by atoms with van der Waals surface area (Å²) in [6, 6.07) is 0. The van der Waals surface area contributed by atoms with E-state index in [-0.39, 0.29) is 0 Å². The molecule has 0 aromatic heterocycles. The van der Waals surface area contributed by atoms with E-state index < -0.39 is 0 Å². The highest BCUT2D eigenvalue weighted by Gasteiger charge is 2.23. The van der Waals surface area contributed by atoms with E-state index in [4.69, 9.17) is 0 Å². The van der Waals surface area contributed by atoms with Gasteiger partial charge >= 0.3 is 0 Å². The fraction of sp³-hybridized carbons (Fsp3) is 1.00. The summed E-state index contributed by atoms with van der Waals surface area (Å²) >= 11 is 0. The third-order valence-corrected chi connectivity index (χ3v) is 3.18. The van der Waals surface area contributed by atoms with E-state index >= 15 is 0 Å². The van der Waals surface area contributed by atoms with Gasteiger partial charge in [-0.3, -0.25) is 0 Å². The van der Waals surface area contributed by atoms with E-state index in [1.165, 1.54) is 25.8 Å². The Morgan fingerprint density at radius 3 is 1.64 bits per heavy atom. The van der Waals surface area contributed by atoms with Gasteiger partial charge in [0.25, 0.3) is 0 Å². The first-order valence-corrected chi connectivity index (χ1v) is 5.83. The highest BCUT2D eigenvalue weighted by molar-refractivity contribution is 4.76. The summed E-state index contributed by atoms with van der Waals surface area (Å²) < 4.78 is 0. The van der Waals surface area contributed by atoms with Gasteiger partial charge in [0.2, 0.25) is 0 Å². The van der Waals surface area contributed by atoms with Gasteiger partial charge in [0.1, 0.15) is 0 Å². The van der Waals surface area contributed by atoms with Crippen molar-refractivity contribution in [1.29, 1.82) is 0 Å². The zero-order valence-corrected chi connectivity index (χ0v) is 11.3. The van der Waals surface area contributed by atoms with Crippen LogP contribution < -0.4 is 0 Å². The van der Waals surface area contributed by atoms with Gasteiger partial charge < -0.3 is 4.90 Å². The molecule has 0 bridgehead atoms. The molecule has 0 saturated heterocycles. The lowest BCUT2D eigenvalue weighted by molar-refractivity contribution is 0.185. The van der Waals surface area contributed by atoms with Gasteiger partial charge in [-0.15, -0.1) is 0 Å². The molecule has 0 fully saturated rings. The topological polar surface area (TPSA) is 3.24 Å². The average Bonchev–Trinajstić information content (AvgIpc) is 1.99. The van der Waals surface area contributed by atoms with Gasteiger partial charge in [-0.05, 0) is 37.8 Å². The normalized spacial score (nSPS) is 13.7. The summed E-state index contributed by atoms with van der Waals surface area (Å²) in [6.07, 6.45) is 3.95. The molecule has 0 spiro atoms. The minimum Gasteiger partial charge on any atom is -0.309 e. The van der Waals surface area contributed by atoms with Crippen LogP contribution in [0.3, 0.4) is 0 Å². The fourth-order valence-corrected chi connectivity index (χ4v) is 1.79. The lowest BCUT2D eigenvalue weighted by Gasteiger charge is -2.32. The van der Waals surface area contributed by atoms with Crippen LogP contribution in [0.15, 0.2) is 0 Å². The molecule has 86 valence electrons. The van der Waals surface area contributed by atoms with Crippen molar-refractivity contribution < 1.29 is 0 Å². The van der Waals surface area contributed by atoms with Crippen molar-refractivity contribution in [3.05, 3.63) is 0 Å². The first kappa shape index (κ1) is 14.0. The standard InChI is InChI=1S/C13H29N/c1-8-12(2,3)9-10-13(4,5)11-14(6)7/h8-11H2,1-7H3. The molecule has 0 aliphatic heterocycles. The minimum atomic E-state index is 0.454.